The summed E-state index contributed by atoms with van der Waals surface area (Å²) in [5, 5.41) is 0.139. The zero-order valence-electron chi connectivity index (χ0n) is 12.1. The Balaban J connectivity index is 2.89. The van der Waals surface area contributed by atoms with Crippen molar-refractivity contribution in [1.82, 2.24) is 9.97 Å². The summed E-state index contributed by atoms with van der Waals surface area (Å²) in [5.41, 5.74) is 0. The van der Waals surface area contributed by atoms with Crippen molar-refractivity contribution in [1.29, 1.82) is 0 Å². The highest BCUT2D eigenvalue weighted by atomic mass is 28.4. The number of aromatic nitrogens is 2. The van der Waals surface area contributed by atoms with Gasteiger partial charge in [-0.3, -0.25) is 0 Å². The van der Waals surface area contributed by atoms with Gasteiger partial charge in [0.05, 0.1) is 12.4 Å². The Bertz CT molecular complexity index is 387. The molecule has 0 radical (unpaired) electrons. The minimum atomic E-state index is -1.86. The third-order valence-corrected chi connectivity index (χ3v) is 8.03. The van der Waals surface area contributed by atoms with Crippen molar-refractivity contribution < 1.29 is 8.82 Å². The second kappa shape index (κ2) is 5.44. The Labute approximate surface area is 110 Å². The molecule has 0 amide bonds. The van der Waals surface area contributed by atoms with Crippen LogP contribution in [0.4, 0.5) is 4.39 Å². The molecule has 1 aromatic heterocycles. The maximum atomic E-state index is 12.8. The third kappa shape index (κ3) is 3.59. The van der Waals surface area contributed by atoms with Crippen LogP contribution in [0, 0.1) is 5.82 Å². The smallest absolute Gasteiger partial charge is 0.193 e. The molecular weight excluding hydrogens is 247 g/mol. The van der Waals surface area contributed by atoms with E-state index in [1.165, 1.54) is 12.4 Å². The molecule has 1 aromatic rings. The Morgan fingerprint density at radius 3 is 2.17 bits per heavy atom. The minimum absolute atomic E-state index is 0.139. The van der Waals surface area contributed by atoms with Gasteiger partial charge in [-0.25, -0.2) is 14.4 Å². The fraction of sp³-hybridized carbons (Fsp3) is 0.692. The first kappa shape index (κ1) is 15.2. The van der Waals surface area contributed by atoms with Crippen molar-refractivity contribution in [3.8, 4) is 0 Å². The highest BCUT2D eigenvalue weighted by molar-refractivity contribution is 6.74. The van der Waals surface area contributed by atoms with Gasteiger partial charge in [-0.2, -0.15) is 0 Å². The Kier molecular flexibility index (Phi) is 4.61. The number of rotatable bonds is 4. The van der Waals surface area contributed by atoms with Crippen LogP contribution in [0.3, 0.4) is 0 Å². The fourth-order valence-corrected chi connectivity index (χ4v) is 2.68. The normalized spacial score (nSPS) is 14.6. The number of halogens is 1. The minimum Gasteiger partial charge on any atom is -0.407 e. The molecule has 0 fully saturated rings. The van der Waals surface area contributed by atoms with Crippen LogP contribution < -0.4 is 0 Å². The molecule has 1 atom stereocenters. The van der Waals surface area contributed by atoms with Crippen LogP contribution in [0.5, 0.6) is 0 Å². The third-order valence-electron chi connectivity index (χ3n) is 3.54. The summed E-state index contributed by atoms with van der Waals surface area (Å²) in [4.78, 5) is 8.05. The number of hydrogen-bond donors (Lipinski definition) is 0. The predicted molar refractivity (Wildman–Crippen MR) is 73.3 cm³/mol. The molecule has 18 heavy (non-hydrogen) atoms. The van der Waals surface area contributed by atoms with Crippen molar-refractivity contribution in [3.63, 3.8) is 0 Å². The van der Waals surface area contributed by atoms with Crippen LogP contribution in [-0.2, 0) is 4.43 Å². The lowest BCUT2D eigenvalue weighted by atomic mass is 10.2. The van der Waals surface area contributed by atoms with Crippen LogP contribution >= 0.6 is 0 Å². The first-order valence-corrected chi connectivity index (χ1v) is 9.23. The van der Waals surface area contributed by atoms with Gasteiger partial charge in [0.2, 0.25) is 0 Å². The van der Waals surface area contributed by atoms with Crippen LogP contribution in [0.1, 0.15) is 46.0 Å². The fourth-order valence-electron chi connectivity index (χ4n) is 1.34. The molecule has 0 aliphatic carbocycles. The van der Waals surface area contributed by atoms with Gasteiger partial charge < -0.3 is 4.43 Å². The number of hydrogen-bond acceptors (Lipinski definition) is 3. The van der Waals surface area contributed by atoms with Gasteiger partial charge in [0, 0.05) is 0 Å². The van der Waals surface area contributed by atoms with E-state index in [0.717, 1.165) is 6.42 Å². The summed E-state index contributed by atoms with van der Waals surface area (Å²) in [6, 6.07) is 0. The Hall–Kier alpha value is -0.813. The average Bonchev–Trinajstić information content (AvgIpc) is 2.25. The van der Waals surface area contributed by atoms with Gasteiger partial charge in [0.15, 0.2) is 20.0 Å². The molecule has 0 N–H and O–H groups in total. The molecule has 0 saturated heterocycles. The lowest BCUT2D eigenvalue weighted by molar-refractivity contribution is 0.169. The van der Waals surface area contributed by atoms with Crippen LogP contribution in [0.2, 0.25) is 18.1 Å². The SMILES string of the molecule is CC[C@H](O[Si](C)(C)C(C)(C)C)c1ncc(F)cn1. The van der Waals surface area contributed by atoms with E-state index in [-0.39, 0.29) is 11.1 Å². The molecule has 0 saturated carbocycles. The van der Waals surface area contributed by atoms with E-state index in [9.17, 15) is 4.39 Å². The lowest BCUT2D eigenvalue weighted by Gasteiger charge is -2.38. The van der Waals surface area contributed by atoms with E-state index in [1.54, 1.807) is 0 Å². The molecule has 1 rings (SSSR count). The molecular formula is C13H23FN2OSi. The van der Waals surface area contributed by atoms with E-state index < -0.39 is 14.1 Å². The first-order chi connectivity index (χ1) is 8.17. The topological polar surface area (TPSA) is 35.0 Å². The Morgan fingerprint density at radius 2 is 1.78 bits per heavy atom. The molecule has 0 aliphatic heterocycles. The highest BCUT2D eigenvalue weighted by Crippen LogP contribution is 2.39. The molecule has 102 valence electrons. The van der Waals surface area contributed by atoms with Gasteiger partial charge in [0.25, 0.3) is 0 Å². The monoisotopic (exact) mass is 270 g/mol. The second-order valence-corrected chi connectivity index (χ2v) is 10.8. The molecule has 3 nitrogen and oxygen atoms in total. The average molecular weight is 270 g/mol. The molecule has 5 heteroatoms. The Morgan fingerprint density at radius 1 is 1.28 bits per heavy atom. The summed E-state index contributed by atoms with van der Waals surface area (Å²) >= 11 is 0. The van der Waals surface area contributed by atoms with Crippen LogP contribution in [0.15, 0.2) is 12.4 Å². The van der Waals surface area contributed by atoms with E-state index >= 15 is 0 Å². The van der Waals surface area contributed by atoms with Crippen molar-refractivity contribution in [2.45, 2.75) is 58.4 Å². The van der Waals surface area contributed by atoms with Gasteiger partial charge in [-0.15, -0.1) is 0 Å². The summed E-state index contributed by atoms with van der Waals surface area (Å²) < 4.78 is 19.1. The molecule has 0 aliphatic rings. The quantitative estimate of drug-likeness (QED) is 0.773. The van der Waals surface area contributed by atoms with Crippen molar-refractivity contribution in [2.75, 3.05) is 0 Å². The molecule has 0 bridgehead atoms. The number of nitrogens with zero attached hydrogens (tertiary/aromatic N) is 2. The van der Waals surface area contributed by atoms with E-state index in [1.807, 2.05) is 6.92 Å². The first-order valence-electron chi connectivity index (χ1n) is 6.32. The largest absolute Gasteiger partial charge is 0.407 e. The van der Waals surface area contributed by atoms with Gasteiger partial charge >= 0.3 is 0 Å². The highest BCUT2D eigenvalue weighted by Gasteiger charge is 2.39. The zero-order chi connectivity index (χ0) is 14.0. The van der Waals surface area contributed by atoms with E-state index in [0.29, 0.717) is 5.82 Å². The summed E-state index contributed by atoms with van der Waals surface area (Å²) in [6.07, 6.45) is 3.03. The maximum Gasteiger partial charge on any atom is 0.193 e. The lowest BCUT2D eigenvalue weighted by Crippen LogP contribution is -2.42. The van der Waals surface area contributed by atoms with Crippen LogP contribution in [0.25, 0.3) is 0 Å². The molecule has 1 heterocycles. The van der Waals surface area contributed by atoms with Crippen LogP contribution in [-0.4, -0.2) is 18.3 Å². The van der Waals surface area contributed by atoms with Crippen molar-refractivity contribution >= 4 is 8.32 Å². The predicted octanol–water partition coefficient (Wildman–Crippen LogP) is 4.09. The van der Waals surface area contributed by atoms with Gasteiger partial charge in [-0.1, -0.05) is 27.7 Å². The van der Waals surface area contributed by atoms with E-state index in [4.69, 9.17) is 4.43 Å². The standard InChI is InChI=1S/C13H23FN2OSi/c1-7-11(12-15-8-10(14)9-16-12)17-18(5,6)13(2,3)4/h8-9,11H,7H2,1-6H3/t11-/m0/s1. The van der Waals surface area contributed by atoms with Crippen molar-refractivity contribution in [3.05, 3.63) is 24.0 Å². The summed E-state index contributed by atoms with van der Waals surface area (Å²) in [7, 11) is -1.86. The molecule has 0 spiro atoms. The van der Waals surface area contributed by atoms with Gasteiger partial charge in [-0.05, 0) is 24.6 Å². The molecule has 0 aromatic carbocycles. The second-order valence-electron chi connectivity index (χ2n) is 6.03. The summed E-state index contributed by atoms with van der Waals surface area (Å²) in [5.74, 6) is 0.157. The zero-order valence-corrected chi connectivity index (χ0v) is 13.1. The molecule has 0 unspecified atom stereocenters. The van der Waals surface area contributed by atoms with Gasteiger partial charge in [0.1, 0.15) is 6.10 Å². The summed E-state index contributed by atoms with van der Waals surface area (Å²) in [6.45, 7) is 13.0. The van der Waals surface area contributed by atoms with E-state index in [2.05, 4.69) is 43.8 Å². The maximum absolute atomic E-state index is 12.8. The van der Waals surface area contributed by atoms with Crippen molar-refractivity contribution in [2.24, 2.45) is 0 Å².